The van der Waals surface area contributed by atoms with Crippen LogP contribution in [-0.4, -0.2) is 59.7 Å². The number of likely N-dealkylation sites (tertiary alicyclic amines) is 1. The largest absolute Gasteiger partial charge is 0.388 e. The van der Waals surface area contributed by atoms with E-state index in [1.807, 2.05) is 0 Å². The molecule has 3 heterocycles. The standard InChI is InChI=1S/C16H27NO3/c1-12-8-16(18,10-17(12)14-2-3-14)13-4-6-20-15(9-13)5-7-19-11-15/h12-14,18H,2-11H2,1H3. The maximum atomic E-state index is 11.2. The number of β-amino-alcohol motifs (C(OH)–C–C–N with tert-alkyl or cyclic N) is 1. The van der Waals surface area contributed by atoms with Gasteiger partial charge in [0.1, 0.15) is 0 Å². The van der Waals surface area contributed by atoms with Crippen LogP contribution in [0.2, 0.25) is 0 Å². The van der Waals surface area contributed by atoms with Crippen molar-refractivity contribution in [1.82, 2.24) is 4.90 Å². The number of nitrogens with zero attached hydrogens (tertiary/aromatic N) is 1. The maximum absolute atomic E-state index is 11.2. The Morgan fingerprint density at radius 1 is 1.15 bits per heavy atom. The van der Waals surface area contributed by atoms with Gasteiger partial charge >= 0.3 is 0 Å². The highest BCUT2D eigenvalue weighted by molar-refractivity contribution is 5.06. The lowest BCUT2D eigenvalue weighted by Crippen LogP contribution is -2.50. The van der Waals surface area contributed by atoms with E-state index >= 15 is 0 Å². The predicted molar refractivity (Wildman–Crippen MR) is 75.6 cm³/mol. The number of hydrogen-bond acceptors (Lipinski definition) is 4. The smallest absolute Gasteiger partial charge is 0.0940 e. The summed E-state index contributed by atoms with van der Waals surface area (Å²) in [6.07, 6.45) is 6.57. The van der Waals surface area contributed by atoms with Gasteiger partial charge in [-0.3, -0.25) is 4.90 Å². The molecule has 1 spiro atoms. The van der Waals surface area contributed by atoms with Crippen molar-refractivity contribution >= 4 is 0 Å². The Morgan fingerprint density at radius 3 is 2.70 bits per heavy atom. The first-order chi connectivity index (χ1) is 9.60. The van der Waals surface area contributed by atoms with Gasteiger partial charge in [-0.1, -0.05) is 0 Å². The molecule has 1 N–H and O–H groups in total. The van der Waals surface area contributed by atoms with Crippen LogP contribution in [0.5, 0.6) is 0 Å². The molecular formula is C16H27NO3. The van der Waals surface area contributed by atoms with Crippen molar-refractivity contribution in [2.24, 2.45) is 5.92 Å². The summed E-state index contributed by atoms with van der Waals surface area (Å²) in [5.41, 5.74) is -0.587. The minimum Gasteiger partial charge on any atom is -0.388 e. The molecule has 1 saturated carbocycles. The van der Waals surface area contributed by atoms with Crippen LogP contribution in [0, 0.1) is 5.92 Å². The Morgan fingerprint density at radius 2 is 2.00 bits per heavy atom. The van der Waals surface area contributed by atoms with E-state index < -0.39 is 5.60 Å². The lowest BCUT2D eigenvalue weighted by atomic mass is 9.74. The molecule has 0 bridgehead atoms. The first-order valence-electron chi connectivity index (χ1n) is 8.30. The Kier molecular flexibility index (Phi) is 3.15. The Bertz CT molecular complexity index is 378. The summed E-state index contributed by atoms with van der Waals surface area (Å²) in [6.45, 7) is 5.48. The van der Waals surface area contributed by atoms with Gasteiger partial charge in [-0.2, -0.15) is 0 Å². The average Bonchev–Trinajstić information content (AvgIpc) is 3.10. The van der Waals surface area contributed by atoms with Crippen LogP contribution >= 0.6 is 0 Å². The number of hydrogen-bond donors (Lipinski definition) is 1. The molecule has 20 heavy (non-hydrogen) atoms. The van der Waals surface area contributed by atoms with Gasteiger partial charge in [0, 0.05) is 38.3 Å². The van der Waals surface area contributed by atoms with Gasteiger partial charge in [0.05, 0.1) is 17.8 Å². The molecular weight excluding hydrogens is 254 g/mol. The van der Waals surface area contributed by atoms with Crippen molar-refractivity contribution in [1.29, 1.82) is 0 Å². The molecule has 3 aliphatic heterocycles. The Labute approximate surface area is 121 Å². The summed E-state index contributed by atoms with van der Waals surface area (Å²) in [7, 11) is 0. The fourth-order valence-corrected chi connectivity index (χ4v) is 4.71. The lowest BCUT2D eigenvalue weighted by Gasteiger charge is -2.43. The van der Waals surface area contributed by atoms with Crippen molar-refractivity contribution < 1.29 is 14.6 Å². The summed E-state index contributed by atoms with van der Waals surface area (Å²) >= 11 is 0. The van der Waals surface area contributed by atoms with E-state index in [0.717, 1.165) is 58.1 Å². The summed E-state index contributed by atoms with van der Waals surface area (Å²) in [5.74, 6) is 0.379. The monoisotopic (exact) mass is 281 g/mol. The van der Waals surface area contributed by atoms with E-state index in [4.69, 9.17) is 9.47 Å². The second-order valence-electron chi connectivity index (χ2n) is 7.58. The van der Waals surface area contributed by atoms with Gasteiger partial charge < -0.3 is 14.6 Å². The van der Waals surface area contributed by atoms with Crippen molar-refractivity contribution in [3.05, 3.63) is 0 Å². The number of ether oxygens (including phenoxy) is 2. The zero-order valence-corrected chi connectivity index (χ0v) is 12.5. The van der Waals surface area contributed by atoms with Gasteiger partial charge in [-0.25, -0.2) is 0 Å². The van der Waals surface area contributed by atoms with Crippen LogP contribution in [0.3, 0.4) is 0 Å². The number of aliphatic hydroxyl groups is 1. The van der Waals surface area contributed by atoms with Crippen molar-refractivity contribution in [3.63, 3.8) is 0 Å². The fraction of sp³-hybridized carbons (Fsp3) is 1.00. The van der Waals surface area contributed by atoms with Gasteiger partial charge in [0.2, 0.25) is 0 Å². The molecule has 0 aromatic carbocycles. The van der Waals surface area contributed by atoms with Crippen LogP contribution in [-0.2, 0) is 9.47 Å². The van der Waals surface area contributed by atoms with Crippen LogP contribution < -0.4 is 0 Å². The molecule has 0 aromatic heterocycles. The summed E-state index contributed by atoms with van der Waals surface area (Å²) in [6, 6.07) is 1.29. The van der Waals surface area contributed by atoms with E-state index in [0.29, 0.717) is 12.0 Å². The van der Waals surface area contributed by atoms with E-state index in [9.17, 15) is 5.11 Å². The van der Waals surface area contributed by atoms with Crippen LogP contribution in [0.4, 0.5) is 0 Å². The molecule has 0 amide bonds. The molecule has 4 atom stereocenters. The minimum absolute atomic E-state index is 0.0884. The zero-order chi connectivity index (χ0) is 13.8. The van der Waals surface area contributed by atoms with Crippen molar-refractivity contribution in [3.8, 4) is 0 Å². The normalized spacial score (nSPS) is 50.1. The second-order valence-corrected chi connectivity index (χ2v) is 7.58. The number of rotatable bonds is 2. The molecule has 0 radical (unpaired) electrons. The molecule has 4 heteroatoms. The van der Waals surface area contributed by atoms with Gasteiger partial charge in [-0.15, -0.1) is 0 Å². The van der Waals surface area contributed by atoms with Crippen LogP contribution in [0.25, 0.3) is 0 Å². The third-order valence-corrected chi connectivity index (χ3v) is 6.01. The quantitative estimate of drug-likeness (QED) is 0.834. The molecule has 3 saturated heterocycles. The van der Waals surface area contributed by atoms with E-state index in [-0.39, 0.29) is 5.60 Å². The molecule has 4 aliphatic rings. The first kappa shape index (κ1) is 13.5. The van der Waals surface area contributed by atoms with Crippen LogP contribution in [0.15, 0.2) is 0 Å². The summed E-state index contributed by atoms with van der Waals surface area (Å²) in [4.78, 5) is 2.55. The maximum Gasteiger partial charge on any atom is 0.0940 e. The molecule has 114 valence electrons. The van der Waals surface area contributed by atoms with Gasteiger partial charge in [-0.05, 0) is 44.9 Å². The average molecular weight is 281 g/mol. The molecule has 4 nitrogen and oxygen atoms in total. The summed E-state index contributed by atoms with van der Waals surface area (Å²) in [5, 5.41) is 11.2. The van der Waals surface area contributed by atoms with Gasteiger partial charge in [0.15, 0.2) is 0 Å². The molecule has 0 aromatic rings. The lowest BCUT2D eigenvalue weighted by molar-refractivity contribution is -0.139. The highest BCUT2D eigenvalue weighted by Gasteiger charge is 2.53. The third-order valence-electron chi connectivity index (χ3n) is 6.01. The Balaban J connectivity index is 1.48. The first-order valence-corrected chi connectivity index (χ1v) is 8.30. The third kappa shape index (κ3) is 2.21. The molecule has 4 rings (SSSR count). The molecule has 1 aliphatic carbocycles. The SMILES string of the molecule is CC1CC(O)(C2CCOC3(CCOC3)C2)CN1C1CC1. The van der Waals surface area contributed by atoms with E-state index in [1.54, 1.807) is 0 Å². The topological polar surface area (TPSA) is 41.9 Å². The van der Waals surface area contributed by atoms with E-state index in [2.05, 4.69) is 11.8 Å². The Hall–Kier alpha value is -0.160. The van der Waals surface area contributed by atoms with Gasteiger partial charge in [0.25, 0.3) is 0 Å². The molecule has 4 fully saturated rings. The highest BCUT2D eigenvalue weighted by atomic mass is 16.6. The van der Waals surface area contributed by atoms with Crippen molar-refractivity contribution in [2.45, 2.75) is 68.7 Å². The minimum atomic E-state index is -0.499. The zero-order valence-electron chi connectivity index (χ0n) is 12.5. The van der Waals surface area contributed by atoms with E-state index in [1.165, 1.54) is 12.8 Å². The summed E-state index contributed by atoms with van der Waals surface area (Å²) < 4.78 is 11.6. The fourth-order valence-electron chi connectivity index (χ4n) is 4.71. The highest BCUT2D eigenvalue weighted by Crippen LogP contribution is 2.46. The second kappa shape index (κ2) is 4.67. The van der Waals surface area contributed by atoms with Crippen LogP contribution in [0.1, 0.15) is 45.4 Å². The predicted octanol–water partition coefficient (Wildman–Crippen LogP) is 1.56. The van der Waals surface area contributed by atoms with Crippen molar-refractivity contribution in [2.75, 3.05) is 26.4 Å². The molecule has 4 unspecified atom stereocenters.